The number of nitrogens with zero attached hydrogens (tertiary/aromatic N) is 3. The van der Waals surface area contributed by atoms with E-state index in [0.717, 1.165) is 0 Å². The van der Waals surface area contributed by atoms with Crippen molar-refractivity contribution >= 4 is 22.6 Å². The van der Waals surface area contributed by atoms with E-state index in [1.165, 1.54) is 6.33 Å². The van der Waals surface area contributed by atoms with Crippen LogP contribution in [0, 0.1) is 0 Å². The minimum absolute atomic E-state index is 0.105. The number of hydrogen-bond acceptors (Lipinski definition) is 7. The van der Waals surface area contributed by atoms with Gasteiger partial charge in [0.15, 0.2) is 6.23 Å². The zero-order chi connectivity index (χ0) is 19.1. The van der Waals surface area contributed by atoms with E-state index in [4.69, 9.17) is 21.5 Å². The van der Waals surface area contributed by atoms with Crippen LogP contribution in [-0.4, -0.2) is 53.4 Å². The number of aliphatic hydroxyl groups is 3. The topological polar surface area (TPSA) is 136 Å². The average Bonchev–Trinajstić information content (AvgIpc) is 3.23. The summed E-state index contributed by atoms with van der Waals surface area (Å²) in [5.74, 6) is 0. The lowest BCUT2D eigenvalue weighted by Gasteiger charge is -2.21. The molecule has 5 atom stereocenters. The van der Waals surface area contributed by atoms with Gasteiger partial charge in [-0.05, 0) is 23.8 Å². The monoisotopic (exact) mass is 392 g/mol. The van der Waals surface area contributed by atoms with Crippen LogP contribution in [0.4, 0.5) is 0 Å². The summed E-state index contributed by atoms with van der Waals surface area (Å²) in [6.07, 6.45) is -2.83. The molecule has 0 bridgehead atoms. The molecule has 0 unspecified atom stereocenters. The normalized spacial score (nSPS) is 27.3. The number of benzene rings is 1. The summed E-state index contributed by atoms with van der Waals surface area (Å²) in [4.78, 5) is 6.80. The summed E-state index contributed by atoms with van der Waals surface area (Å²) in [5.41, 5.74) is 1.09. The van der Waals surface area contributed by atoms with E-state index in [1.807, 2.05) is 0 Å². The van der Waals surface area contributed by atoms with Gasteiger partial charge in [-0.1, -0.05) is 28.9 Å². The molecule has 3 heterocycles. The van der Waals surface area contributed by atoms with E-state index >= 15 is 0 Å². The largest absolute Gasteiger partial charge is 0.409 e. The first kappa shape index (κ1) is 18.0. The van der Waals surface area contributed by atoms with Crippen molar-refractivity contribution in [2.45, 2.75) is 30.6 Å². The standard InChI is InChI=1S/C17H17ClN4O5/c18-9-3-1-8(2-4-9)11(23)14-12(24)13(25)17(27-14)22-6-5-10-15(21-26)19-7-20-16(10)22/h1-7,11-14,17,23-26H,(H,19,20,21)/t11-,12+,13-,14-,17-/m1/s1. The summed E-state index contributed by atoms with van der Waals surface area (Å²) in [6.45, 7) is 0. The second kappa shape index (κ2) is 6.95. The molecule has 27 heavy (non-hydrogen) atoms. The molecule has 5 N–H and O–H groups in total. The van der Waals surface area contributed by atoms with E-state index in [0.29, 0.717) is 21.6 Å². The van der Waals surface area contributed by atoms with Crippen molar-refractivity contribution in [2.75, 3.05) is 0 Å². The molecule has 142 valence electrons. The highest BCUT2D eigenvalue weighted by atomic mass is 35.5. The molecule has 1 saturated heterocycles. The van der Waals surface area contributed by atoms with Gasteiger partial charge in [0, 0.05) is 11.2 Å². The number of nitrogens with one attached hydrogen (secondary N) is 1. The smallest absolute Gasteiger partial charge is 0.203 e. The summed E-state index contributed by atoms with van der Waals surface area (Å²) in [5, 5.41) is 44.7. The SMILES string of the molecule is O/N=c1\nc[nH]c2c1ccn2[C@@H]1O[C@H]([C@H](O)c2ccc(Cl)cc2)[C@@H](O)[C@H]1O. The van der Waals surface area contributed by atoms with Crippen LogP contribution in [0.15, 0.2) is 48.0 Å². The number of hydrogen-bond donors (Lipinski definition) is 5. The van der Waals surface area contributed by atoms with E-state index < -0.39 is 30.6 Å². The minimum Gasteiger partial charge on any atom is -0.409 e. The highest BCUT2D eigenvalue weighted by Crippen LogP contribution is 2.37. The van der Waals surface area contributed by atoms with Crippen LogP contribution in [-0.2, 0) is 4.74 Å². The van der Waals surface area contributed by atoms with Crippen LogP contribution in [0.25, 0.3) is 11.0 Å². The van der Waals surface area contributed by atoms with Crippen molar-refractivity contribution in [3.05, 3.63) is 58.9 Å². The van der Waals surface area contributed by atoms with E-state index in [1.54, 1.807) is 41.1 Å². The predicted molar refractivity (Wildman–Crippen MR) is 93.8 cm³/mol. The Morgan fingerprint density at radius 2 is 1.93 bits per heavy atom. The molecule has 0 spiro atoms. The molecular weight excluding hydrogens is 376 g/mol. The van der Waals surface area contributed by atoms with Gasteiger partial charge in [0.05, 0.1) is 11.7 Å². The second-order valence-corrected chi connectivity index (χ2v) is 6.72. The summed E-state index contributed by atoms with van der Waals surface area (Å²) >= 11 is 5.86. The fourth-order valence-corrected chi connectivity index (χ4v) is 3.45. The Morgan fingerprint density at radius 3 is 2.63 bits per heavy atom. The highest BCUT2D eigenvalue weighted by Gasteiger charge is 2.47. The Hall–Kier alpha value is -2.43. The molecule has 0 radical (unpaired) electrons. The van der Waals surface area contributed by atoms with Crippen LogP contribution in [0.5, 0.6) is 0 Å². The molecule has 1 aromatic carbocycles. The van der Waals surface area contributed by atoms with Crippen molar-refractivity contribution in [1.82, 2.24) is 14.5 Å². The first-order chi connectivity index (χ1) is 13.0. The van der Waals surface area contributed by atoms with Crippen LogP contribution >= 0.6 is 11.6 Å². The van der Waals surface area contributed by atoms with E-state index in [9.17, 15) is 15.3 Å². The van der Waals surface area contributed by atoms with Crippen molar-refractivity contribution in [3.8, 4) is 0 Å². The summed E-state index contributed by atoms with van der Waals surface area (Å²) in [7, 11) is 0. The summed E-state index contributed by atoms with van der Waals surface area (Å²) in [6, 6.07) is 8.14. The van der Waals surface area contributed by atoms with Gasteiger partial charge >= 0.3 is 0 Å². The zero-order valence-corrected chi connectivity index (χ0v) is 14.6. The van der Waals surface area contributed by atoms with Crippen LogP contribution in [0.3, 0.4) is 0 Å². The lowest BCUT2D eigenvalue weighted by molar-refractivity contribution is -0.0848. The van der Waals surface area contributed by atoms with Crippen molar-refractivity contribution < 1.29 is 25.3 Å². The van der Waals surface area contributed by atoms with Crippen molar-refractivity contribution in [3.63, 3.8) is 0 Å². The third kappa shape index (κ3) is 2.99. The average molecular weight is 393 g/mol. The van der Waals surface area contributed by atoms with Gasteiger partial charge in [0.2, 0.25) is 5.49 Å². The molecule has 3 aromatic rings. The molecular formula is C17H17ClN4O5. The van der Waals surface area contributed by atoms with Gasteiger partial charge in [-0.25, -0.2) is 4.98 Å². The third-order valence-corrected chi connectivity index (χ3v) is 4.96. The third-order valence-electron chi connectivity index (χ3n) is 4.71. The maximum Gasteiger partial charge on any atom is 0.203 e. The second-order valence-electron chi connectivity index (χ2n) is 6.28. The number of H-pyrrole nitrogens is 1. The molecule has 1 fully saturated rings. The Morgan fingerprint density at radius 1 is 1.19 bits per heavy atom. The molecule has 4 rings (SSSR count). The molecule has 2 aromatic heterocycles. The molecule has 0 aliphatic carbocycles. The number of aromatic nitrogens is 3. The van der Waals surface area contributed by atoms with Crippen LogP contribution < -0.4 is 5.49 Å². The van der Waals surface area contributed by atoms with Crippen molar-refractivity contribution in [1.29, 1.82) is 0 Å². The highest BCUT2D eigenvalue weighted by molar-refractivity contribution is 6.30. The van der Waals surface area contributed by atoms with Crippen LogP contribution in [0.1, 0.15) is 17.9 Å². The zero-order valence-electron chi connectivity index (χ0n) is 13.8. The van der Waals surface area contributed by atoms with Gasteiger partial charge < -0.3 is 34.8 Å². The van der Waals surface area contributed by atoms with Gasteiger partial charge in [0.25, 0.3) is 0 Å². The van der Waals surface area contributed by atoms with Gasteiger partial charge in [-0.2, -0.15) is 0 Å². The lowest BCUT2D eigenvalue weighted by atomic mass is 9.99. The Labute approximate surface area is 157 Å². The number of aromatic amines is 1. The van der Waals surface area contributed by atoms with Gasteiger partial charge in [-0.3, -0.25) is 0 Å². The molecule has 1 aliphatic heterocycles. The van der Waals surface area contributed by atoms with Crippen molar-refractivity contribution in [2.24, 2.45) is 5.16 Å². The fraction of sp³-hybridized carbons (Fsp3) is 0.294. The maximum absolute atomic E-state index is 10.6. The van der Waals surface area contributed by atoms with E-state index in [-0.39, 0.29) is 5.49 Å². The number of fused-ring (bicyclic) bond motifs is 1. The van der Waals surface area contributed by atoms with E-state index in [2.05, 4.69) is 15.1 Å². The first-order valence-corrected chi connectivity index (χ1v) is 8.56. The predicted octanol–water partition coefficient (Wildman–Crippen LogP) is 0.661. The first-order valence-electron chi connectivity index (χ1n) is 8.18. The Kier molecular flexibility index (Phi) is 4.62. The maximum atomic E-state index is 10.6. The summed E-state index contributed by atoms with van der Waals surface area (Å²) < 4.78 is 7.35. The molecule has 1 aliphatic rings. The molecule has 0 amide bonds. The number of halogens is 1. The Balaban J connectivity index is 1.67. The van der Waals surface area contributed by atoms with Gasteiger partial charge in [0.1, 0.15) is 30.1 Å². The lowest BCUT2D eigenvalue weighted by Crippen LogP contribution is -2.34. The number of aliphatic hydroxyl groups excluding tert-OH is 3. The Bertz CT molecular complexity index is 1020. The van der Waals surface area contributed by atoms with Gasteiger partial charge in [-0.15, -0.1) is 0 Å². The molecule has 0 saturated carbocycles. The fourth-order valence-electron chi connectivity index (χ4n) is 3.32. The molecule has 10 heteroatoms. The van der Waals surface area contributed by atoms with Crippen LogP contribution in [0.2, 0.25) is 5.02 Å². The number of rotatable bonds is 3. The molecule has 9 nitrogen and oxygen atoms in total. The minimum atomic E-state index is -1.32. The number of ether oxygens (including phenoxy) is 1. The quantitative estimate of drug-likeness (QED) is 0.328.